The second-order valence-electron chi connectivity index (χ2n) is 6.64. The summed E-state index contributed by atoms with van der Waals surface area (Å²) in [6.45, 7) is 3.24. The van der Waals surface area contributed by atoms with Crippen LogP contribution in [0.3, 0.4) is 0 Å². The first-order valence-corrected chi connectivity index (χ1v) is 9.68. The highest BCUT2D eigenvalue weighted by atomic mass is 35.5. The van der Waals surface area contributed by atoms with Crippen molar-refractivity contribution in [3.8, 4) is 5.75 Å². The van der Waals surface area contributed by atoms with Gasteiger partial charge in [0.15, 0.2) is 5.96 Å². The molecule has 3 rings (SSSR count). The van der Waals surface area contributed by atoms with Gasteiger partial charge in [-0.3, -0.25) is 9.89 Å². The predicted molar refractivity (Wildman–Crippen MR) is 110 cm³/mol. The smallest absolute Gasteiger partial charge is 0.406 e. The standard InChI is InChI=1S/C20H22ClF3N4O2/c21-15-3-1-14(2-4-15)18(28-9-11-29-12-10-28)13-26-19(25)27-16-5-7-17(8-6-16)30-20(22,23)24/h1-8,18H,9-13H2,(H3,25,26,27). The Hall–Kier alpha value is -2.49. The summed E-state index contributed by atoms with van der Waals surface area (Å²) in [7, 11) is 0. The molecule has 2 aromatic rings. The van der Waals surface area contributed by atoms with Crippen molar-refractivity contribution in [1.29, 1.82) is 0 Å². The molecule has 1 fully saturated rings. The SMILES string of the molecule is NC(=NCC(c1ccc(Cl)cc1)N1CCOCC1)Nc1ccc(OC(F)(F)F)cc1. The van der Waals surface area contributed by atoms with Crippen LogP contribution in [0.25, 0.3) is 0 Å². The minimum atomic E-state index is -4.73. The molecule has 1 heterocycles. The van der Waals surface area contributed by atoms with Crippen LogP contribution in [0.4, 0.5) is 18.9 Å². The van der Waals surface area contributed by atoms with E-state index >= 15 is 0 Å². The summed E-state index contributed by atoms with van der Waals surface area (Å²) >= 11 is 6.00. The molecule has 6 nitrogen and oxygen atoms in total. The van der Waals surface area contributed by atoms with Gasteiger partial charge in [0.05, 0.1) is 25.8 Å². The fraction of sp³-hybridized carbons (Fsp3) is 0.350. The number of hydrogen-bond acceptors (Lipinski definition) is 4. The van der Waals surface area contributed by atoms with Crippen molar-refractivity contribution in [1.82, 2.24) is 4.90 Å². The molecule has 162 valence electrons. The molecule has 2 aromatic carbocycles. The highest BCUT2D eigenvalue weighted by Crippen LogP contribution is 2.25. The summed E-state index contributed by atoms with van der Waals surface area (Å²) < 4.78 is 46.0. The number of ether oxygens (including phenoxy) is 2. The monoisotopic (exact) mass is 442 g/mol. The topological polar surface area (TPSA) is 72.1 Å². The Morgan fingerprint density at radius 1 is 1.13 bits per heavy atom. The summed E-state index contributed by atoms with van der Waals surface area (Å²) in [6, 6.07) is 12.8. The van der Waals surface area contributed by atoms with Crippen molar-refractivity contribution in [3.05, 3.63) is 59.1 Å². The van der Waals surface area contributed by atoms with Gasteiger partial charge in [0.25, 0.3) is 0 Å². The van der Waals surface area contributed by atoms with E-state index in [0.717, 1.165) is 18.7 Å². The quantitative estimate of drug-likeness (QED) is 0.522. The average molecular weight is 443 g/mol. The molecular weight excluding hydrogens is 421 g/mol. The number of nitrogens with zero attached hydrogens (tertiary/aromatic N) is 2. The lowest BCUT2D eigenvalue weighted by Crippen LogP contribution is -2.40. The van der Waals surface area contributed by atoms with Gasteiger partial charge in [-0.1, -0.05) is 23.7 Å². The van der Waals surface area contributed by atoms with Crippen LogP contribution in [0.2, 0.25) is 5.02 Å². The Balaban J connectivity index is 1.66. The number of nitrogens with two attached hydrogens (primary N) is 1. The lowest BCUT2D eigenvalue weighted by atomic mass is 10.0. The number of halogens is 4. The highest BCUT2D eigenvalue weighted by molar-refractivity contribution is 6.30. The molecule has 1 atom stereocenters. The molecule has 0 saturated carbocycles. The largest absolute Gasteiger partial charge is 0.573 e. The predicted octanol–water partition coefficient (Wildman–Crippen LogP) is 4.04. The van der Waals surface area contributed by atoms with Crippen molar-refractivity contribution < 1.29 is 22.6 Å². The Morgan fingerprint density at radius 3 is 2.37 bits per heavy atom. The number of aliphatic imine (C=N–C) groups is 1. The van der Waals surface area contributed by atoms with E-state index in [-0.39, 0.29) is 17.8 Å². The van der Waals surface area contributed by atoms with Gasteiger partial charge < -0.3 is 20.5 Å². The van der Waals surface area contributed by atoms with Gasteiger partial charge >= 0.3 is 6.36 Å². The minimum absolute atomic E-state index is 0.00548. The zero-order valence-electron chi connectivity index (χ0n) is 16.0. The van der Waals surface area contributed by atoms with Crippen LogP contribution in [0, 0.1) is 0 Å². The van der Waals surface area contributed by atoms with E-state index in [0.29, 0.717) is 30.5 Å². The maximum atomic E-state index is 12.2. The van der Waals surface area contributed by atoms with Crippen LogP contribution in [-0.4, -0.2) is 50.1 Å². The van der Waals surface area contributed by atoms with Gasteiger partial charge in [0.1, 0.15) is 5.75 Å². The average Bonchev–Trinajstić information content (AvgIpc) is 2.71. The third-order valence-electron chi connectivity index (χ3n) is 4.54. The molecule has 1 unspecified atom stereocenters. The molecule has 3 N–H and O–H groups in total. The molecule has 1 aliphatic heterocycles. The minimum Gasteiger partial charge on any atom is -0.406 e. The second-order valence-corrected chi connectivity index (χ2v) is 7.08. The number of morpholine rings is 1. The number of rotatable bonds is 6. The first-order valence-electron chi connectivity index (χ1n) is 9.30. The summed E-state index contributed by atoms with van der Waals surface area (Å²) in [4.78, 5) is 6.70. The van der Waals surface area contributed by atoms with Gasteiger partial charge in [0.2, 0.25) is 0 Å². The Kier molecular flexibility index (Phi) is 7.41. The molecule has 10 heteroatoms. The summed E-state index contributed by atoms with van der Waals surface area (Å²) in [5.41, 5.74) is 7.55. The third kappa shape index (κ3) is 6.79. The van der Waals surface area contributed by atoms with E-state index in [1.807, 2.05) is 24.3 Å². The zero-order chi connectivity index (χ0) is 21.6. The van der Waals surface area contributed by atoms with Crippen molar-refractivity contribution in [2.75, 3.05) is 38.2 Å². The fourth-order valence-electron chi connectivity index (χ4n) is 3.12. The van der Waals surface area contributed by atoms with Gasteiger partial charge in [-0.25, -0.2) is 0 Å². The van der Waals surface area contributed by atoms with Crippen LogP contribution in [0.1, 0.15) is 11.6 Å². The molecule has 30 heavy (non-hydrogen) atoms. The van der Waals surface area contributed by atoms with Crippen LogP contribution in [0.15, 0.2) is 53.5 Å². The Morgan fingerprint density at radius 2 is 1.77 bits per heavy atom. The molecule has 1 saturated heterocycles. The molecule has 0 aromatic heterocycles. The van der Waals surface area contributed by atoms with E-state index in [4.69, 9.17) is 22.1 Å². The maximum Gasteiger partial charge on any atom is 0.573 e. The number of alkyl halides is 3. The Labute approximate surface area is 177 Å². The Bertz CT molecular complexity index is 839. The van der Waals surface area contributed by atoms with Gasteiger partial charge in [-0.05, 0) is 42.0 Å². The van der Waals surface area contributed by atoms with Crippen molar-refractivity contribution >= 4 is 23.2 Å². The van der Waals surface area contributed by atoms with Gasteiger partial charge in [0, 0.05) is 23.8 Å². The van der Waals surface area contributed by atoms with E-state index in [2.05, 4.69) is 19.9 Å². The van der Waals surface area contributed by atoms with Crippen LogP contribution >= 0.6 is 11.6 Å². The number of anilines is 1. The first kappa shape index (κ1) is 22.2. The van der Waals surface area contributed by atoms with E-state index < -0.39 is 6.36 Å². The maximum absolute atomic E-state index is 12.2. The molecule has 0 amide bonds. The molecule has 0 bridgehead atoms. The fourth-order valence-corrected chi connectivity index (χ4v) is 3.24. The van der Waals surface area contributed by atoms with Crippen LogP contribution in [0.5, 0.6) is 5.75 Å². The van der Waals surface area contributed by atoms with E-state index in [1.54, 1.807) is 0 Å². The molecular formula is C20H22ClF3N4O2. The third-order valence-corrected chi connectivity index (χ3v) is 4.79. The van der Waals surface area contributed by atoms with Crippen molar-refractivity contribution in [3.63, 3.8) is 0 Å². The van der Waals surface area contributed by atoms with Crippen LogP contribution in [-0.2, 0) is 4.74 Å². The number of hydrogen-bond donors (Lipinski definition) is 2. The molecule has 0 radical (unpaired) electrons. The normalized spacial score (nSPS) is 16.9. The lowest BCUT2D eigenvalue weighted by Gasteiger charge is -2.34. The van der Waals surface area contributed by atoms with E-state index in [9.17, 15) is 13.2 Å². The summed E-state index contributed by atoms with van der Waals surface area (Å²) in [5, 5.41) is 3.53. The summed E-state index contributed by atoms with van der Waals surface area (Å²) in [5.74, 6) is -0.148. The second kappa shape index (κ2) is 10.0. The number of nitrogens with one attached hydrogen (secondary N) is 1. The number of benzene rings is 2. The highest BCUT2D eigenvalue weighted by Gasteiger charge is 2.31. The molecule has 0 aliphatic carbocycles. The molecule has 1 aliphatic rings. The van der Waals surface area contributed by atoms with Crippen molar-refractivity contribution in [2.24, 2.45) is 10.7 Å². The van der Waals surface area contributed by atoms with Gasteiger partial charge in [-0.15, -0.1) is 13.2 Å². The lowest BCUT2D eigenvalue weighted by molar-refractivity contribution is -0.274. The number of guanidine groups is 1. The summed E-state index contributed by atoms with van der Waals surface area (Å²) in [6.07, 6.45) is -4.73. The van der Waals surface area contributed by atoms with Crippen LogP contribution < -0.4 is 15.8 Å². The van der Waals surface area contributed by atoms with Crippen molar-refractivity contribution in [2.45, 2.75) is 12.4 Å². The first-order chi connectivity index (χ1) is 14.3. The van der Waals surface area contributed by atoms with E-state index in [1.165, 1.54) is 24.3 Å². The zero-order valence-corrected chi connectivity index (χ0v) is 16.8. The molecule has 0 spiro atoms. The van der Waals surface area contributed by atoms with Gasteiger partial charge in [-0.2, -0.15) is 0 Å².